The van der Waals surface area contributed by atoms with Gasteiger partial charge < -0.3 is 4.74 Å². The molecule has 0 bridgehead atoms. The highest BCUT2D eigenvalue weighted by Gasteiger charge is 2.23. The summed E-state index contributed by atoms with van der Waals surface area (Å²) in [4.78, 5) is 4.22. The lowest BCUT2D eigenvalue weighted by Crippen LogP contribution is -2.17. The summed E-state index contributed by atoms with van der Waals surface area (Å²) in [5.41, 5.74) is 1.50. The lowest BCUT2D eigenvalue weighted by molar-refractivity contribution is 0.277. The third kappa shape index (κ3) is 5.40. The molecular formula is C13H23NO. The monoisotopic (exact) mass is 209 g/mol. The average Bonchev–Trinajstić information content (AvgIpc) is 2.62. The first-order valence-electron chi connectivity index (χ1n) is 5.01. The second-order valence-corrected chi connectivity index (χ2v) is 4.38. The Balaban J connectivity index is 0.000000253. The highest BCUT2D eigenvalue weighted by Crippen LogP contribution is 2.15. The minimum Gasteiger partial charge on any atom is -0.479 e. The Morgan fingerprint density at radius 2 is 2.00 bits per heavy atom. The third-order valence-electron chi connectivity index (χ3n) is 2.05. The van der Waals surface area contributed by atoms with Gasteiger partial charge in [0.1, 0.15) is 6.61 Å². The van der Waals surface area contributed by atoms with Crippen molar-refractivity contribution in [3.63, 3.8) is 0 Å². The van der Waals surface area contributed by atoms with Gasteiger partial charge in [-0.1, -0.05) is 31.2 Å². The van der Waals surface area contributed by atoms with E-state index in [0.29, 0.717) is 0 Å². The van der Waals surface area contributed by atoms with Gasteiger partial charge in [-0.2, -0.15) is 0 Å². The Labute approximate surface area is 93.7 Å². The molecule has 1 heterocycles. The van der Waals surface area contributed by atoms with Gasteiger partial charge in [0.05, 0.1) is 5.54 Å². The lowest BCUT2D eigenvalue weighted by Gasteiger charge is -2.07. The van der Waals surface area contributed by atoms with E-state index in [1.165, 1.54) is 12.0 Å². The van der Waals surface area contributed by atoms with E-state index in [4.69, 9.17) is 4.74 Å². The predicted octanol–water partition coefficient (Wildman–Crippen LogP) is 3.74. The van der Waals surface area contributed by atoms with E-state index in [2.05, 4.69) is 44.0 Å². The topological polar surface area (TPSA) is 21.6 Å². The van der Waals surface area contributed by atoms with Gasteiger partial charge in [-0.15, -0.1) is 0 Å². The summed E-state index contributed by atoms with van der Waals surface area (Å²) in [6.07, 6.45) is 7.56. The summed E-state index contributed by atoms with van der Waals surface area (Å²) in [5, 5.41) is 0. The van der Waals surface area contributed by atoms with Gasteiger partial charge in [0.15, 0.2) is 5.90 Å². The van der Waals surface area contributed by atoms with E-state index in [9.17, 15) is 0 Å². The Morgan fingerprint density at radius 3 is 2.13 bits per heavy atom. The lowest BCUT2D eigenvalue weighted by atomic mass is 10.1. The molecule has 2 nitrogen and oxygen atoms in total. The van der Waals surface area contributed by atoms with Crippen molar-refractivity contribution in [2.45, 2.75) is 47.1 Å². The molecule has 2 rings (SSSR count). The molecule has 86 valence electrons. The molecule has 0 spiro atoms. The normalized spacial score (nSPS) is 20.5. The van der Waals surface area contributed by atoms with Crippen LogP contribution in [0.3, 0.4) is 0 Å². The van der Waals surface area contributed by atoms with Gasteiger partial charge in [-0.25, -0.2) is 4.99 Å². The molecule has 0 amide bonds. The molecular weight excluding hydrogens is 186 g/mol. The van der Waals surface area contributed by atoms with Crippen LogP contribution in [0.15, 0.2) is 28.8 Å². The fourth-order valence-corrected chi connectivity index (χ4v) is 1.33. The van der Waals surface area contributed by atoms with Gasteiger partial charge in [0.25, 0.3) is 0 Å². The molecule has 15 heavy (non-hydrogen) atoms. The average molecular weight is 209 g/mol. The zero-order valence-electron chi connectivity index (χ0n) is 9.50. The second-order valence-electron chi connectivity index (χ2n) is 4.38. The summed E-state index contributed by atoms with van der Waals surface area (Å²) < 4.78 is 5.12. The number of nitrogens with zero attached hydrogens (tertiary/aromatic N) is 1. The first-order valence-corrected chi connectivity index (χ1v) is 5.01. The van der Waals surface area contributed by atoms with Crippen LogP contribution in [0.25, 0.3) is 0 Å². The quantitative estimate of drug-likeness (QED) is 0.595. The van der Waals surface area contributed by atoms with Crippen molar-refractivity contribution in [2.75, 3.05) is 6.61 Å². The minimum absolute atomic E-state index is 0. The smallest absolute Gasteiger partial charge is 0.180 e. The molecule has 0 aromatic rings. The van der Waals surface area contributed by atoms with Crippen molar-refractivity contribution < 1.29 is 4.74 Å². The molecule has 1 aliphatic carbocycles. The Kier molecular flexibility index (Phi) is 5.34. The van der Waals surface area contributed by atoms with Gasteiger partial charge in [-0.3, -0.25) is 0 Å². The van der Waals surface area contributed by atoms with Crippen LogP contribution in [-0.2, 0) is 4.74 Å². The molecule has 2 heteroatoms. The summed E-state index contributed by atoms with van der Waals surface area (Å²) in [7, 11) is 0. The fraction of sp³-hybridized carbons (Fsp3) is 0.615. The summed E-state index contributed by atoms with van der Waals surface area (Å²) >= 11 is 0. The molecule has 0 aromatic heterocycles. The molecule has 0 fully saturated rings. The molecule has 0 aromatic carbocycles. The van der Waals surface area contributed by atoms with Crippen LogP contribution in [0.5, 0.6) is 0 Å². The van der Waals surface area contributed by atoms with Crippen molar-refractivity contribution >= 4 is 5.90 Å². The van der Waals surface area contributed by atoms with Crippen LogP contribution >= 0.6 is 0 Å². The molecule has 2 aliphatic rings. The van der Waals surface area contributed by atoms with E-state index in [-0.39, 0.29) is 13.0 Å². The van der Waals surface area contributed by atoms with Crippen LogP contribution < -0.4 is 0 Å². The van der Waals surface area contributed by atoms with Crippen LogP contribution in [-0.4, -0.2) is 18.0 Å². The van der Waals surface area contributed by atoms with Crippen LogP contribution in [0.4, 0.5) is 0 Å². The van der Waals surface area contributed by atoms with Gasteiger partial charge >= 0.3 is 0 Å². The summed E-state index contributed by atoms with van der Waals surface area (Å²) in [5.74, 6) is 0.815. The molecule has 0 atom stereocenters. The van der Waals surface area contributed by atoms with Crippen LogP contribution in [0, 0.1) is 0 Å². The third-order valence-corrected chi connectivity index (χ3v) is 2.05. The van der Waals surface area contributed by atoms with Crippen molar-refractivity contribution in [3.8, 4) is 0 Å². The standard InChI is InChI=1S/C6H11NO.C6H8.CH4/c1-5-7-6(2,3)4-8-5;1-6-4-2-3-5-6;/h4H2,1-3H3;2-4H,5H2,1H3;1H4. The molecule has 1 aliphatic heterocycles. The number of allylic oxidation sites excluding steroid dienone is 4. The highest BCUT2D eigenvalue weighted by atomic mass is 16.5. The summed E-state index contributed by atoms with van der Waals surface area (Å²) in [6, 6.07) is 0. The fourth-order valence-electron chi connectivity index (χ4n) is 1.33. The largest absolute Gasteiger partial charge is 0.479 e. The highest BCUT2D eigenvalue weighted by molar-refractivity contribution is 5.75. The summed E-state index contributed by atoms with van der Waals surface area (Å²) in [6.45, 7) is 8.88. The number of ether oxygens (including phenoxy) is 1. The maximum absolute atomic E-state index is 5.12. The Hall–Kier alpha value is -1.05. The molecule has 0 radical (unpaired) electrons. The van der Waals surface area contributed by atoms with Gasteiger partial charge in [0, 0.05) is 6.92 Å². The SMILES string of the molecule is C.CC1=CC=CC1.CC1=NC(C)(C)CO1. The van der Waals surface area contributed by atoms with Gasteiger partial charge in [0.2, 0.25) is 0 Å². The number of hydrogen-bond donors (Lipinski definition) is 0. The number of hydrogen-bond acceptors (Lipinski definition) is 2. The molecule has 0 saturated carbocycles. The van der Waals surface area contributed by atoms with Gasteiger partial charge in [-0.05, 0) is 27.2 Å². The molecule has 0 N–H and O–H groups in total. The van der Waals surface area contributed by atoms with Crippen molar-refractivity contribution in [2.24, 2.45) is 4.99 Å². The first kappa shape index (κ1) is 13.9. The zero-order valence-corrected chi connectivity index (χ0v) is 9.50. The van der Waals surface area contributed by atoms with E-state index in [0.717, 1.165) is 12.5 Å². The van der Waals surface area contributed by atoms with Crippen molar-refractivity contribution in [3.05, 3.63) is 23.8 Å². The number of aliphatic imine (C=N–C) groups is 1. The molecule has 0 unspecified atom stereocenters. The van der Waals surface area contributed by atoms with E-state index in [1.807, 2.05) is 6.92 Å². The van der Waals surface area contributed by atoms with Crippen molar-refractivity contribution in [1.82, 2.24) is 0 Å². The first-order chi connectivity index (χ1) is 6.49. The Bertz CT molecular complexity index is 285. The molecule has 0 saturated heterocycles. The van der Waals surface area contributed by atoms with Crippen molar-refractivity contribution in [1.29, 1.82) is 0 Å². The zero-order chi connectivity index (χ0) is 10.6. The maximum Gasteiger partial charge on any atom is 0.180 e. The maximum atomic E-state index is 5.12. The minimum atomic E-state index is 0. The second kappa shape index (κ2) is 5.74. The van der Waals surface area contributed by atoms with Crippen LogP contribution in [0.1, 0.15) is 41.5 Å². The Morgan fingerprint density at radius 1 is 1.33 bits per heavy atom. The number of rotatable bonds is 0. The van der Waals surface area contributed by atoms with E-state index in [1.54, 1.807) is 0 Å². The predicted molar refractivity (Wildman–Crippen MR) is 67.4 cm³/mol. The van der Waals surface area contributed by atoms with E-state index < -0.39 is 0 Å². The van der Waals surface area contributed by atoms with E-state index >= 15 is 0 Å². The van der Waals surface area contributed by atoms with Crippen LogP contribution in [0.2, 0.25) is 0 Å².